The van der Waals surface area contributed by atoms with Crippen LogP contribution in [0.15, 0.2) is 18.2 Å². The fraction of sp³-hybridized carbons (Fsp3) is 0.429. The Bertz CT molecular complexity index is 472. The van der Waals surface area contributed by atoms with Gasteiger partial charge in [-0.25, -0.2) is 0 Å². The molecule has 1 aromatic rings. The molecule has 104 valence electrons. The largest absolute Gasteiger partial charge is 0.480 e. The molecule has 19 heavy (non-hydrogen) atoms. The smallest absolute Gasteiger partial charge is 0.322 e. The molecule has 0 spiro atoms. The molecule has 1 amide bonds. The minimum absolute atomic E-state index is 0.161. The van der Waals surface area contributed by atoms with Gasteiger partial charge in [0.25, 0.3) is 0 Å². The molecule has 0 aliphatic heterocycles. The number of anilines is 1. The van der Waals surface area contributed by atoms with Crippen molar-refractivity contribution in [2.24, 2.45) is 0 Å². The third-order valence-electron chi connectivity index (χ3n) is 2.86. The highest BCUT2D eigenvalue weighted by Gasteiger charge is 2.12. The average Bonchev–Trinajstić information content (AvgIpc) is 2.36. The summed E-state index contributed by atoms with van der Waals surface area (Å²) in [5.41, 5.74) is 3.23. The van der Waals surface area contributed by atoms with E-state index in [9.17, 15) is 9.59 Å². The third kappa shape index (κ3) is 4.62. The molecular formula is C14H20N2O3. The molecule has 0 unspecified atom stereocenters. The molecule has 0 heterocycles. The van der Waals surface area contributed by atoms with Crippen molar-refractivity contribution in [1.82, 2.24) is 5.32 Å². The van der Waals surface area contributed by atoms with Crippen molar-refractivity contribution < 1.29 is 14.7 Å². The van der Waals surface area contributed by atoms with Gasteiger partial charge in [-0.3, -0.25) is 9.59 Å². The van der Waals surface area contributed by atoms with Gasteiger partial charge in [-0.1, -0.05) is 12.1 Å². The van der Waals surface area contributed by atoms with Crippen LogP contribution in [-0.4, -0.2) is 36.6 Å². The predicted octanol–water partition coefficient (Wildman–Crippen LogP) is 1.33. The maximum absolute atomic E-state index is 11.7. The number of carboxylic acid groups (broad SMARTS) is 1. The minimum atomic E-state index is -1.04. The Labute approximate surface area is 113 Å². The first-order valence-corrected chi connectivity index (χ1v) is 6.24. The van der Waals surface area contributed by atoms with Gasteiger partial charge in [0.1, 0.15) is 6.54 Å². The maximum Gasteiger partial charge on any atom is 0.322 e. The van der Waals surface area contributed by atoms with E-state index in [2.05, 4.69) is 5.32 Å². The topological polar surface area (TPSA) is 69.6 Å². The summed E-state index contributed by atoms with van der Waals surface area (Å²) in [7, 11) is 0. The molecule has 0 fully saturated rings. The molecule has 0 atom stereocenters. The second-order valence-electron chi connectivity index (χ2n) is 4.47. The summed E-state index contributed by atoms with van der Waals surface area (Å²) in [6, 6.07) is 6.07. The maximum atomic E-state index is 11.7. The van der Waals surface area contributed by atoms with E-state index >= 15 is 0 Å². The van der Waals surface area contributed by atoms with Crippen LogP contribution in [-0.2, 0) is 9.59 Å². The monoisotopic (exact) mass is 264 g/mol. The van der Waals surface area contributed by atoms with Gasteiger partial charge in [0.15, 0.2) is 0 Å². The van der Waals surface area contributed by atoms with Gasteiger partial charge in [-0.05, 0) is 38.0 Å². The minimum Gasteiger partial charge on any atom is -0.480 e. The standard InChI is InChI=1S/C14H20N2O3/c1-4-16(9-13(17)15-8-14(18)19)12-7-10(2)5-6-11(12)3/h5-7H,4,8-9H2,1-3H3,(H,15,17)(H,18,19). The van der Waals surface area contributed by atoms with Crippen molar-refractivity contribution in [3.63, 3.8) is 0 Å². The van der Waals surface area contributed by atoms with E-state index in [1.165, 1.54) is 0 Å². The Hall–Kier alpha value is -2.04. The number of carbonyl (C=O) groups excluding carboxylic acids is 1. The lowest BCUT2D eigenvalue weighted by atomic mass is 10.1. The molecule has 0 radical (unpaired) electrons. The fourth-order valence-corrected chi connectivity index (χ4v) is 1.83. The quantitative estimate of drug-likeness (QED) is 0.813. The number of aliphatic carboxylic acids is 1. The Morgan fingerprint density at radius 1 is 1.32 bits per heavy atom. The number of carboxylic acids is 1. The number of aryl methyl sites for hydroxylation is 2. The first-order chi connectivity index (χ1) is 8.93. The average molecular weight is 264 g/mol. The van der Waals surface area contributed by atoms with Gasteiger partial charge >= 0.3 is 5.97 Å². The highest BCUT2D eigenvalue weighted by molar-refractivity contribution is 5.85. The van der Waals surface area contributed by atoms with E-state index in [-0.39, 0.29) is 19.0 Å². The summed E-state index contributed by atoms with van der Waals surface area (Å²) in [5, 5.41) is 10.9. The number of benzene rings is 1. The van der Waals surface area contributed by atoms with E-state index in [4.69, 9.17) is 5.11 Å². The third-order valence-corrected chi connectivity index (χ3v) is 2.86. The molecule has 0 saturated carbocycles. The van der Waals surface area contributed by atoms with Crippen LogP contribution in [0.5, 0.6) is 0 Å². The van der Waals surface area contributed by atoms with Gasteiger partial charge in [0.2, 0.25) is 5.91 Å². The Morgan fingerprint density at radius 3 is 2.58 bits per heavy atom. The number of nitrogens with one attached hydrogen (secondary N) is 1. The zero-order valence-corrected chi connectivity index (χ0v) is 11.6. The van der Waals surface area contributed by atoms with Gasteiger partial charge < -0.3 is 15.3 Å². The second kappa shape index (κ2) is 6.78. The fourth-order valence-electron chi connectivity index (χ4n) is 1.83. The summed E-state index contributed by atoms with van der Waals surface area (Å²) >= 11 is 0. The number of likely N-dealkylation sites (N-methyl/N-ethyl adjacent to an activating group) is 1. The lowest BCUT2D eigenvalue weighted by Crippen LogP contribution is -2.39. The number of nitrogens with zero attached hydrogens (tertiary/aromatic N) is 1. The lowest BCUT2D eigenvalue weighted by Gasteiger charge is -2.24. The molecule has 0 saturated heterocycles. The number of rotatable bonds is 6. The highest BCUT2D eigenvalue weighted by atomic mass is 16.4. The molecule has 5 heteroatoms. The molecule has 1 rings (SSSR count). The van der Waals surface area contributed by atoms with E-state index in [0.29, 0.717) is 6.54 Å². The van der Waals surface area contributed by atoms with E-state index in [1.807, 2.05) is 43.9 Å². The molecule has 0 aromatic heterocycles. The van der Waals surface area contributed by atoms with Crippen LogP contribution in [0.25, 0.3) is 0 Å². The molecule has 0 bridgehead atoms. The number of amides is 1. The van der Waals surface area contributed by atoms with E-state index in [0.717, 1.165) is 16.8 Å². The van der Waals surface area contributed by atoms with Crippen LogP contribution in [0.2, 0.25) is 0 Å². The van der Waals surface area contributed by atoms with Gasteiger partial charge in [-0.15, -0.1) is 0 Å². The number of hydrogen-bond acceptors (Lipinski definition) is 3. The van der Waals surface area contributed by atoms with Crippen molar-refractivity contribution >= 4 is 17.6 Å². The van der Waals surface area contributed by atoms with Crippen LogP contribution in [0.4, 0.5) is 5.69 Å². The zero-order valence-electron chi connectivity index (χ0n) is 11.6. The SMILES string of the molecule is CCN(CC(=O)NCC(=O)O)c1cc(C)ccc1C. The first kappa shape index (κ1) is 15.0. The van der Waals surface area contributed by atoms with Crippen molar-refractivity contribution in [3.05, 3.63) is 29.3 Å². The van der Waals surface area contributed by atoms with Gasteiger partial charge in [0.05, 0.1) is 6.54 Å². The molecule has 5 nitrogen and oxygen atoms in total. The Balaban J connectivity index is 2.75. The van der Waals surface area contributed by atoms with Crippen LogP contribution in [0.3, 0.4) is 0 Å². The van der Waals surface area contributed by atoms with Gasteiger partial charge in [0, 0.05) is 12.2 Å². The van der Waals surface area contributed by atoms with Crippen LogP contribution >= 0.6 is 0 Å². The Morgan fingerprint density at radius 2 is 2.00 bits per heavy atom. The van der Waals surface area contributed by atoms with E-state index in [1.54, 1.807) is 0 Å². The zero-order chi connectivity index (χ0) is 14.4. The summed E-state index contributed by atoms with van der Waals surface area (Å²) in [5.74, 6) is -1.33. The van der Waals surface area contributed by atoms with Crippen molar-refractivity contribution in [3.8, 4) is 0 Å². The normalized spacial score (nSPS) is 10.1. The van der Waals surface area contributed by atoms with Crippen LogP contribution in [0, 0.1) is 13.8 Å². The molecule has 1 aromatic carbocycles. The molecule has 2 N–H and O–H groups in total. The lowest BCUT2D eigenvalue weighted by molar-refractivity contribution is -0.137. The Kier molecular flexibility index (Phi) is 5.36. The summed E-state index contributed by atoms with van der Waals surface area (Å²) in [6.45, 7) is 6.46. The molecule has 0 aliphatic carbocycles. The predicted molar refractivity (Wildman–Crippen MR) is 74.4 cm³/mol. The van der Waals surface area contributed by atoms with Crippen LogP contribution in [0.1, 0.15) is 18.1 Å². The number of carbonyl (C=O) groups is 2. The number of hydrogen-bond donors (Lipinski definition) is 2. The summed E-state index contributed by atoms with van der Waals surface area (Å²) < 4.78 is 0. The van der Waals surface area contributed by atoms with Crippen molar-refractivity contribution in [1.29, 1.82) is 0 Å². The first-order valence-electron chi connectivity index (χ1n) is 6.24. The van der Waals surface area contributed by atoms with Gasteiger partial charge in [-0.2, -0.15) is 0 Å². The van der Waals surface area contributed by atoms with Crippen LogP contribution < -0.4 is 10.2 Å². The van der Waals surface area contributed by atoms with Crippen molar-refractivity contribution in [2.75, 3.05) is 24.5 Å². The van der Waals surface area contributed by atoms with Crippen molar-refractivity contribution in [2.45, 2.75) is 20.8 Å². The second-order valence-corrected chi connectivity index (χ2v) is 4.47. The molecule has 0 aliphatic rings. The molecular weight excluding hydrogens is 244 g/mol. The summed E-state index contributed by atoms with van der Waals surface area (Å²) in [4.78, 5) is 24.0. The highest BCUT2D eigenvalue weighted by Crippen LogP contribution is 2.21. The summed E-state index contributed by atoms with van der Waals surface area (Å²) in [6.07, 6.45) is 0. The van der Waals surface area contributed by atoms with E-state index < -0.39 is 5.97 Å².